The molecule has 0 heterocycles. The summed E-state index contributed by atoms with van der Waals surface area (Å²) in [4.78, 5) is 38.1. The fourth-order valence-electron chi connectivity index (χ4n) is 7.22. The second-order valence-corrected chi connectivity index (χ2v) is 18.1. The third-order valence-electron chi connectivity index (χ3n) is 11.4. The zero-order valence-electron chi connectivity index (χ0n) is 44.5. The molecule has 0 spiro atoms. The normalized spacial score (nSPS) is 13.0. The van der Waals surface area contributed by atoms with Crippen LogP contribution in [0.1, 0.15) is 239 Å². The third-order valence-corrected chi connectivity index (χ3v) is 11.4. The number of hydrogen-bond acceptors (Lipinski definition) is 6. The minimum absolute atomic E-state index is 0.114. The second-order valence-electron chi connectivity index (χ2n) is 18.1. The minimum Gasteiger partial charge on any atom is -0.462 e. The van der Waals surface area contributed by atoms with E-state index in [0.717, 1.165) is 96.3 Å². The molecule has 69 heavy (non-hydrogen) atoms. The summed E-state index contributed by atoms with van der Waals surface area (Å²) in [5.41, 5.74) is 0. The van der Waals surface area contributed by atoms with Crippen molar-refractivity contribution in [2.75, 3.05) is 13.2 Å². The lowest BCUT2D eigenvalue weighted by Crippen LogP contribution is -2.30. The highest BCUT2D eigenvalue weighted by atomic mass is 16.6. The van der Waals surface area contributed by atoms with Gasteiger partial charge in [-0.1, -0.05) is 213 Å². The number of rotatable bonds is 49. The lowest BCUT2D eigenvalue weighted by Gasteiger charge is -2.18. The summed E-state index contributed by atoms with van der Waals surface area (Å²) in [5, 5.41) is 0. The van der Waals surface area contributed by atoms with Crippen LogP contribution in [0, 0.1) is 0 Å². The molecule has 0 saturated carbocycles. The Labute approximate surface area is 424 Å². The van der Waals surface area contributed by atoms with E-state index in [9.17, 15) is 14.4 Å². The van der Waals surface area contributed by atoms with Gasteiger partial charge in [0.05, 0.1) is 0 Å². The maximum Gasteiger partial charge on any atom is 0.306 e. The van der Waals surface area contributed by atoms with Gasteiger partial charge in [-0.3, -0.25) is 14.4 Å². The fraction of sp³-hybridized carbons (Fsp3) is 0.635. The Bertz CT molecular complexity index is 1470. The Morgan fingerprint density at radius 2 is 0.580 bits per heavy atom. The van der Waals surface area contributed by atoms with Crippen molar-refractivity contribution in [3.63, 3.8) is 0 Å². The first-order chi connectivity index (χ1) is 34.0. The number of unbranched alkanes of at least 4 members (excludes halogenated alkanes) is 18. The molecule has 0 aromatic rings. The smallest absolute Gasteiger partial charge is 0.306 e. The van der Waals surface area contributed by atoms with Gasteiger partial charge < -0.3 is 14.2 Å². The number of allylic oxidation sites excluding steroid dienone is 20. The lowest BCUT2D eigenvalue weighted by atomic mass is 10.1. The molecule has 1 atom stereocenters. The van der Waals surface area contributed by atoms with Crippen LogP contribution in [-0.4, -0.2) is 37.2 Å². The van der Waals surface area contributed by atoms with E-state index in [-0.39, 0.29) is 44.0 Å². The van der Waals surface area contributed by atoms with Crippen molar-refractivity contribution in [3.8, 4) is 0 Å². The Morgan fingerprint density at radius 1 is 0.304 bits per heavy atom. The van der Waals surface area contributed by atoms with Gasteiger partial charge in [0, 0.05) is 19.3 Å². The average molecular weight is 956 g/mol. The molecule has 0 radical (unpaired) electrons. The molecule has 0 saturated heterocycles. The van der Waals surface area contributed by atoms with E-state index < -0.39 is 6.10 Å². The Kier molecular flexibility index (Phi) is 53.0. The van der Waals surface area contributed by atoms with Gasteiger partial charge in [0.2, 0.25) is 0 Å². The van der Waals surface area contributed by atoms with Gasteiger partial charge in [0.1, 0.15) is 13.2 Å². The van der Waals surface area contributed by atoms with Crippen LogP contribution in [0.5, 0.6) is 0 Å². The predicted octanol–water partition coefficient (Wildman–Crippen LogP) is 18.9. The maximum atomic E-state index is 12.8. The van der Waals surface area contributed by atoms with Crippen LogP contribution in [-0.2, 0) is 28.6 Å². The van der Waals surface area contributed by atoms with Crippen LogP contribution < -0.4 is 0 Å². The highest BCUT2D eigenvalue weighted by Gasteiger charge is 2.19. The molecule has 0 amide bonds. The molecule has 0 unspecified atom stereocenters. The molecule has 0 aliphatic carbocycles. The van der Waals surface area contributed by atoms with Crippen LogP contribution >= 0.6 is 0 Å². The van der Waals surface area contributed by atoms with Gasteiger partial charge in [-0.05, 0) is 128 Å². The van der Waals surface area contributed by atoms with Crippen molar-refractivity contribution < 1.29 is 28.6 Å². The largest absolute Gasteiger partial charge is 0.462 e. The van der Waals surface area contributed by atoms with Crippen LogP contribution in [0.15, 0.2) is 122 Å². The second kappa shape index (κ2) is 56.4. The van der Waals surface area contributed by atoms with Crippen molar-refractivity contribution in [2.24, 2.45) is 0 Å². The van der Waals surface area contributed by atoms with Crippen molar-refractivity contribution in [1.29, 1.82) is 0 Å². The molecule has 0 aromatic carbocycles. The van der Waals surface area contributed by atoms with Crippen LogP contribution in [0.25, 0.3) is 0 Å². The van der Waals surface area contributed by atoms with E-state index in [1.165, 1.54) is 89.9 Å². The number of carbonyl (C=O) groups is 3. The molecule has 390 valence electrons. The van der Waals surface area contributed by atoms with E-state index in [1.807, 2.05) is 0 Å². The number of esters is 3. The van der Waals surface area contributed by atoms with Gasteiger partial charge in [-0.2, -0.15) is 0 Å². The standard InChI is InChI=1S/C63H102O6/c1-4-7-10-13-16-19-22-25-28-30-31-33-36-39-42-45-48-51-54-57-63(66)69-60(58-67-61(64)55-52-49-46-43-40-37-34-27-24-21-18-15-12-9-6-3)59-68-62(65)56-53-50-47-44-41-38-35-32-29-26-23-20-17-14-11-8-5-2/h8,11,16-17,19-21,24-26,28-29,31,33,35,38-39,42,44,47,60H,4-7,9-10,12-15,18,22-23,27,30,32,34,36-37,40-41,43,45-46,48-59H2,1-3H3/b11-8-,19-16-,20-17-,24-21-,28-25-,29-26-,33-31-,38-35-,42-39-,47-44-/t60-/m0/s1. The maximum absolute atomic E-state index is 12.8. The lowest BCUT2D eigenvalue weighted by molar-refractivity contribution is -0.167. The van der Waals surface area contributed by atoms with Gasteiger partial charge in [0.15, 0.2) is 6.10 Å². The molecule has 6 heteroatoms. The number of hydrogen-bond donors (Lipinski definition) is 0. The molecular formula is C63H102O6. The first kappa shape index (κ1) is 64.8. The molecule has 0 N–H and O–H groups in total. The van der Waals surface area contributed by atoms with Crippen LogP contribution in [0.3, 0.4) is 0 Å². The topological polar surface area (TPSA) is 78.9 Å². The Morgan fingerprint density at radius 3 is 1.00 bits per heavy atom. The predicted molar refractivity (Wildman–Crippen MR) is 297 cm³/mol. The molecule has 0 aliphatic rings. The van der Waals surface area contributed by atoms with Crippen LogP contribution in [0.2, 0.25) is 0 Å². The number of ether oxygens (including phenoxy) is 3. The first-order valence-electron chi connectivity index (χ1n) is 28.0. The molecular weight excluding hydrogens is 853 g/mol. The van der Waals surface area contributed by atoms with E-state index >= 15 is 0 Å². The SMILES string of the molecule is CC/C=C\C/C=C\C/C=C\C/C=C\C/C=C\CCCC(=O)OC[C@H](COC(=O)CCCCCCCCC/C=C\CCCCCC)OC(=O)CCCCC/C=C\C/C=C\C/C=C\C/C=C\CCCCC. The van der Waals surface area contributed by atoms with Gasteiger partial charge in [0.25, 0.3) is 0 Å². The molecule has 0 fully saturated rings. The van der Waals surface area contributed by atoms with E-state index in [2.05, 4.69) is 142 Å². The van der Waals surface area contributed by atoms with E-state index in [0.29, 0.717) is 19.3 Å². The van der Waals surface area contributed by atoms with E-state index in [1.54, 1.807) is 0 Å². The molecule has 0 aliphatic heterocycles. The van der Waals surface area contributed by atoms with Gasteiger partial charge in [-0.25, -0.2) is 0 Å². The molecule has 6 nitrogen and oxygen atoms in total. The highest BCUT2D eigenvalue weighted by Crippen LogP contribution is 2.13. The van der Waals surface area contributed by atoms with Gasteiger partial charge >= 0.3 is 17.9 Å². The Balaban J connectivity index is 4.56. The van der Waals surface area contributed by atoms with Crippen LogP contribution in [0.4, 0.5) is 0 Å². The summed E-state index contributed by atoms with van der Waals surface area (Å²) >= 11 is 0. The van der Waals surface area contributed by atoms with Gasteiger partial charge in [-0.15, -0.1) is 0 Å². The fourth-order valence-corrected chi connectivity index (χ4v) is 7.22. The molecule has 0 rings (SSSR count). The molecule has 0 bridgehead atoms. The summed E-state index contributed by atoms with van der Waals surface area (Å²) in [7, 11) is 0. The zero-order chi connectivity index (χ0) is 50.0. The quantitative estimate of drug-likeness (QED) is 0.0262. The average Bonchev–Trinajstić information content (AvgIpc) is 3.35. The van der Waals surface area contributed by atoms with Crippen molar-refractivity contribution in [1.82, 2.24) is 0 Å². The van der Waals surface area contributed by atoms with E-state index in [4.69, 9.17) is 14.2 Å². The van der Waals surface area contributed by atoms with Crippen molar-refractivity contribution in [2.45, 2.75) is 245 Å². The summed E-state index contributed by atoms with van der Waals surface area (Å²) in [5.74, 6) is -1.01. The first-order valence-corrected chi connectivity index (χ1v) is 28.0. The molecule has 0 aromatic heterocycles. The summed E-state index contributed by atoms with van der Waals surface area (Å²) < 4.78 is 16.8. The monoisotopic (exact) mass is 955 g/mol. The minimum atomic E-state index is -0.823. The highest BCUT2D eigenvalue weighted by molar-refractivity contribution is 5.71. The summed E-state index contributed by atoms with van der Waals surface area (Å²) in [6.07, 6.45) is 77.6. The number of carbonyl (C=O) groups excluding carboxylic acids is 3. The van der Waals surface area contributed by atoms with Crippen molar-refractivity contribution >= 4 is 17.9 Å². The summed E-state index contributed by atoms with van der Waals surface area (Å²) in [6.45, 7) is 6.40. The summed E-state index contributed by atoms with van der Waals surface area (Å²) in [6, 6.07) is 0. The van der Waals surface area contributed by atoms with Crippen molar-refractivity contribution in [3.05, 3.63) is 122 Å². The zero-order valence-corrected chi connectivity index (χ0v) is 44.5. The Hall–Kier alpha value is -4.19. The third kappa shape index (κ3) is 54.6.